The van der Waals surface area contributed by atoms with Gasteiger partial charge in [0.05, 0.1) is 28.5 Å². The number of fused-ring (bicyclic) bond motifs is 2. The van der Waals surface area contributed by atoms with Gasteiger partial charge < -0.3 is 14.2 Å². The first kappa shape index (κ1) is 22.5. The molecular weight excluding hydrogens is 472 g/mol. The minimum Gasteiger partial charge on any atom is -0.463 e. The number of aromatic nitrogens is 1. The van der Waals surface area contributed by atoms with E-state index < -0.39 is 12.0 Å². The average molecular weight is 495 g/mol. The van der Waals surface area contributed by atoms with Crippen LogP contribution in [-0.2, 0) is 9.53 Å². The van der Waals surface area contributed by atoms with E-state index in [0.717, 1.165) is 16.0 Å². The quantitative estimate of drug-likeness (QED) is 0.400. The third-order valence-electron chi connectivity index (χ3n) is 5.64. The monoisotopic (exact) mass is 494 g/mol. The topological polar surface area (TPSA) is 79.1 Å². The SMILES string of the molecule is CCOC(=O)C1=C(C)N=c2sc(=Cc3ccc(SC)cc3)c(=O)n2C1c1ccc2c(c1)OCO2. The number of hydrogen-bond donors (Lipinski definition) is 0. The highest BCUT2D eigenvalue weighted by atomic mass is 32.2. The summed E-state index contributed by atoms with van der Waals surface area (Å²) in [4.78, 5) is 32.9. The van der Waals surface area contributed by atoms with E-state index in [9.17, 15) is 9.59 Å². The number of hydrogen-bond acceptors (Lipinski definition) is 8. The second-order valence-corrected chi connectivity index (χ2v) is 9.58. The van der Waals surface area contributed by atoms with E-state index in [1.807, 2.05) is 48.7 Å². The Kier molecular flexibility index (Phi) is 6.05. The summed E-state index contributed by atoms with van der Waals surface area (Å²) < 4.78 is 18.4. The lowest BCUT2D eigenvalue weighted by Crippen LogP contribution is -2.39. The molecule has 0 aliphatic carbocycles. The second kappa shape index (κ2) is 9.15. The molecule has 5 rings (SSSR count). The fraction of sp³-hybridized carbons (Fsp3) is 0.240. The third-order valence-corrected chi connectivity index (χ3v) is 7.37. The van der Waals surface area contributed by atoms with Gasteiger partial charge in [-0.3, -0.25) is 9.36 Å². The highest BCUT2D eigenvalue weighted by molar-refractivity contribution is 7.98. The number of nitrogens with zero attached hydrogens (tertiary/aromatic N) is 2. The third kappa shape index (κ3) is 3.95. The van der Waals surface area contributed by atoms with E-state index in [2.05, 4.69) is 4.99 Å². The molecule has 3 heterocycles. The van der Waals surface area contributed by atoms with Crippen molar-refractivity contribution < 1.29 is 19.0 Å². The van der Waals surface area contributed by atoms with Crippen molar-refractivity contribution in [3.05, 3.63) is 84.5 Å². The van der Waals surface area contributed by atoms with Crippen LogP contribution in [0.1, 0.15) is 31.0 Å². The average Bonchev–Trinajstić information content (AvgIpc) is 3.42. The molecule has 1 atom stereocenters. The van der Waals surface area contributed by atoms with Gasteiger partial charge in [0.2, 0.25) is 6.79 Å². The summed E-state index contributed by atoms with van der Waals surface area (Å²) in [6.07, 6.45) is 3.88. The van der Waals surface area contributed by atoms with Crippen LogP contribution in [0.4, 0.5) is 0 Å². The lowest BCUT2D eigenvalue weighted by molar-refractivity contribution is -0.139. The summed E-state index contributed by atoms with van der Waals surface area (Å²) in [5.41, 5.74) is 2.29. The van der Waals surface area contributed by atoms with Crippen molar-refractivity contribution in [1.82, 2.24) is 4.57 Å². The van der Waals surface area contributed by atoms with E-state index in [-0.39, 0.29) is 19.0 Å². The van der Waals surface area contributed by atoms with Gasteiger partial charge in [-0.15, -0.1) is 11.8 Å². The number of carbonyl (C=O) groups is 1. The van der Waals surface area contributed by atoms with Gasteiger partial charge in [0.15, 0.2) is 16.3 Å². The van der Waals surface area contributed by atoms with Gasteiger partial charge in [-0.05, 0) is 61.6 Å². The number of benzene rings is 2. The second-order valence-electron chi connectivity index (χ2n) is 7.69. The zero-order valence-corrected chi connectivity index (χ0v) is 20.5. The summed E-state index contributed by atoms with van der Waals surface area (Å²) in [6, 6.07) is 12.8. The van der Waals surface area contributed by atoms with Crippen molar-refractivity contribution in [2.24, 2.45) is 4.99 Å². The Hall–Kier alpha value is -3.30. The maximum atomic E-state index is 13.6. The highest BCUT2D eigenvalue weighted by Crippen LogP contribution is 2.38. The molecule has 1 unspecified atom stereocenters. The zero-order chi connectivity index (χ0) is 23.8. The molecule has 34 heavy (non-hydrogen) atoms. The summed E-state index contributed by atoms with van der Waals surface area (Å²) in [5.74, 6) is 0.711. The van der Waals surface area contributed by atoms with Crippen molar-refractivity contribution in [2.75, 3.05) is 19.7 Å². The standard InChI is InChI=1S/C25H22N2O5S2/c1-4-30-24(29)21-14(2)26-25-27(22(21)16-7-10-18-19(12-16)32-13-31-18)23(28)20(34-25)11-15-5-8-17(33-3)9-6-15/h5-12,22H,4,13H2,1-3H3. The molecule has 0 amide bonds. The largest absolute Gasteiger partial charge is 0.463 e. The Morgan fingerprint density at radius 3 is 2.74 bits per heavy atom. The Bertz CT molecular complexity index is 1480. The van der Waals surface area contributed by atoms with Crippen LogP contribution in [0, 0.1) is 0 Å². The lowest BCUT2D eigenvalue weighted by atomic mass is 9.95. The Morgan fingerprint density at radius 2 is 2.00 bits per heavy atom. The lowest BCUT2D eigenvalue weighted by Gasteiger charge is -2.24. The molecule has 2 aliphatic rings. The van der Waals surface area contributed by atoms with Crippen LogP contribution < -0.4 is 24.4 Å². The van der Waals surface area contributed by atoms with Gasteiger partial charge in [0.1, 0.15) is 0 Å². The maximum Gasteiger partial charge on any atom is 0.338 e. The van der Waals surface area contributed by atoms with Crippen molar-refractivity contribution in [1.29, 1.82) is 0 Å². The molecule has 0 saturated heterocycles. The first-order valence-corrected chi connectivity index (χ1v) is 12.8. The number of ether oxygens (including phenoxy) is 3. The molecule has 0 radical (unpaired) electrons. The number of rotatable bonds is 5. The molecule has 174 valence electrons. The normalized spacial score (nSPS) is 16.9. The Morgan fingerprint density at radius 1 is 1.24 bits per heavy atom. The van der Waals surface area contributed by atoms with Crippen molar-refractivity contribution >= 4 is 35.1 Å². The van der Waals surface area contributed by atoms with Crippen LogP contribution in [0.2, 0.25) is 0 Å². The maximum absolute atomic E-state index is 13.6. The Labute approximate surface area is 204 Å². The number of allylic oxidation sites excluding steroid dienone is 1. The molecule has 0 spiro atoms. The van der Waals surface area contributed by atoms with E-state index in [1.54, 1.807) is 36.2 Å². The van der Waals surface area contributed by atoms with Gasteiger partial charge in [-0.25, -0.2) is 9.79 Å². The van der Waals surface area contributed by atoms with Crippen LogP contribution in [0.25, 0.3) is 6.08 Å². The van der Waals surface area contributed by atoms with Crippen LogP contribution in [-0.4, -0.2) is 30.2 Å². The molecule has 7 nitrogen and oxygen atoms in total. The fourth-order valence-electron chi connectivity index (χ4n) is 4.04. The minimum atomic E-state index is -0.689. The van der Waals surface area contributed by atoms with E-state index >= 15 is 0 Å². The first-order chi connectivity index (χ1) is 16.5. The molecule has 9 heteroatoms. The molecular formula is C25H22N2O5S2. The Balaban J connectivity index is 1.69. The van der Waals surface area contributed by atoms with Gasteiger partial charge in [0, 0.05) is 4.90 Å². The number of thioether (sulfide) groups is 1. The number of esters is 1. The minimum absolute atomic E-state index is 0.135. The summed E-state index contributed by atoms with van der Waals surface area (Å²) >= 11 is 2.96. The van der Waals surface area contributed by atoms with Crippen molar-refractivity contribution in [2.45, 2.75) is 24.8 Å². The zero-order valence-electron chi connectivity index (χ0n) is 18.9. The van der Waals surface area contributed by atoms with Gasteiger partial charge in [0.25, 0.3) is 5.56 Å². The van der Waals surface area contributed by atoms with Crippen LogP contribution >= 0.6 is 23.1 Å². The summed E-state index contributed by atoms with van der Waals surface area (Å²) in [6.45, 7) is 3.88. The molecule has 3 aromatic rings. The first-order valence-electron chi connectivity index (χ1n) is 10.7. The van der Waals surface area contributed by atoms with Gasteiger partial charge >= 0.3 is 5.97 Å². The molecule has 0 bridgehead atoms. The number of carbonyl (C=O) groups excluding carboxylic acids is 1. The van der Waals surface area contributed by atoms with Crippen LogP contribution in [0.15, 0.2) is 68.4 Å². The van der Waals surface area contributed by atoms with Crippen LogP contribution in [0.3, 0.4) is 0 Å². The molecule has 2 aromatic carbocycles. The molecule has 2 aliphatic heterocycles. The molecule has 1 aromatic heterocycles. The molecule has 0 fully saturated rings. The van der Waals surface area contributed by atoms with Crippen molar-refractivity contribution in [3.8, 4) is 11.5 Å². The summed E-state index contributed by atoms with van der Waals surface area (Å²) in [7, 11) is 0. The smallest absolute Gasteiger partial charge is 0.338 e. The predicted octanol–water partition coefficient (Wildman–Crippen LogP) is 3.25. The van der Waals surface area contributed by atoms with E-state index in [4.69, 9.17) is 14.2 Å². The van der Waals surface area contributed by atoms with Gasteiger partial charge in [-0.1, -0.05) is 29.5 Å². The predicted molar refractivity (Wildman–Crippen MR) is 131 cm³/mol. The van der Waals surface area contributed by atoms with Gasteiger partial charge in [-0.2, -0.15) is 0 Å². The fourth-order valence-corrected chi connectivity index (χ4v) is 5.50. The molecule has 0 N–H and O–H groups in total. The summed E-state index contributed by atoms with van der Waals surface area (Å²) in [5, 5.41) is 0. The number of thiazole rings is 1. The molecule has 0 saturated carbocycles. The van der Waals surface area contributed by atoms with E-state index in [1.165, 1.54) is 11.3 Å². The highest BCUT2D eigenvalue weighted by Gasteiger charge is 2.34. The van der Waals surface area contributed by atoms with E-state index in [0.29, 0.717) is 32.1 Å². The van der Waals surface area contributed by atoms with Crippen LogP contribution in [0.5, 0.6) is 11.5 Å². The van der Waals surface area contributed by atoms with Crippen molar-refractivity contribution in [3.63, 3.8) is 0 Å².